The molecule has 0 atom stereocenters. The van der Waals surface area contributed by atoms with Crippen LogP contribution in [-0.2, 0) is 5.41 Å². The maximum Gasteiger partial charge on any atom is 0.0998 e. The Balaban J connectivity index is 2.32. The normalized spacial score (nSPS) is 12.0. The first-order valence-corrected chi connectivity index (χ1v) is 7.94. The van der Waals surface area contributed by atoms with E-state index in [9.17, 15) is 5.26 Å². The lowest BCUT2D eigenvalue weighted by Crippen LogP contribution is -2.27. The molecule has 112 valence electrons. The molecule has 0 aromatic heterocycles. The van der Waals surface area contributed by atoms with E-state index in [-0.39, 0.29) is 5.41 Å². The van der Waals surface area contributed by atoms with Crippen LogP contribution < -0.4 is 5.73 Å². The number of nitriles is 1. The van der Waals surface area contributed by atoms with Gasteiger partial charge in [-0.1, -0.05) is 66.2 Å². The summed E-state index contributed by atoms with van der Waals surface area (Å²) in [6.45, 7) is 4.82. The van der Waals surface area contributed by atoms with Crippen molar-refractivity contribution in [2.75, 3.05) is 6.54 Å². The van der Waals surface area contributed by atoms with Gasteiger partial charge in [-0.3, -0.25) is 0 Å². The predicted octanol–water partition coefficient (Wildman–Crippen LogP) is 4.75. The van der Waals surface area contributed by atoms with E-state index in [0.29, 0.717) is 12.1 Å². The molecule has 0 saturated heterocycles. The summed E-state index contributed by atoms with van der Waals surface area (Å²) in [6, 6.07) is 18.2. The van der Waals surface area contributed by atoms with E-state index in [4.69, 9.17) is 5.73 Å². The van der Waals surface area contributed by atoms with Gasteiger partial charge < -0.3 is 5.73 Å². The van der Waals surface area contributed by atoms with Crippen molar-refractivity contribution in [3.8, 4) is 6.07 Å². The summed E-state index contributed by atoms with van der Waals surface area (Å²) in [7, 11) is 0. The van der Waals surface area contributed by atoms with Crippen molar-refractivity contribution in [1.29, 1.82) is 5.26 Å². The molecule has 3 heteroatoms. The summed E-state index contributed by atoms with van der Waals surface area (Å²) >= 11 is 3.41. The van der Waals surface area contributed by atoms with Gasteiger partial charge in [0.15, 0.2) is 0 Å². The number of hydrogen-bond donors (Lipinski definition) is 1. The van der Waals surface area contributed by atoms with E-state index in [1.807, 2.05) is 42.5 Å². The minimum atomic E-state index is -0.0548. The van der Waals surface area contributed by atoms with Crippen LogP contribution in [0.5, 0.6) is 0 Å². The van der Waals surface area contributed by atoms with Crippen molar-refractivity contribution in [3.63, 3.8) is 0 Å². The van der Waals surface area contributed by atoms with Gasteiger partial charge >= 0.3 is 0 Å². The monoisotopic (exact) mass is 354 g/mol. The van der Waals surface area contributed by atoms with E-state index in [1.165, 1.54) is 5.56 Å². The Morgan fingerprint density at radius 2 is 1.73 bits per heavy atom. The molecule has 0 heterocycles. The minimum Gasteiger partial charge on any atom is -0.330 e. The quantitative estimate of drug-likeness (QED) is 0.636. The van der Waals surface area contributed by atoms with E-state index < -0.39 is 0 Å². The van der Waals surface area contributed by atoms with E-state index in [0.717, 1.165) is 15.6 Å². The Bertz CT molecular complexity index is 705. The fraction of sp³-hybridized carbons (Fsp3) is 0.211. The fourth-order valence-electron chi connectivity index (χ4n) is 2.12. The zero-order valence-corrected chi connectivity index (χ0v) is 14.4. The molecule has 0 amide bonds. The van der Waals surface area contributed by atoms with Gasteiger partial charge in [-0.25, -0.2) is 0 Å². The first-order valence-electron chi connectivity index (χ1n) is 7.14. The molecular weight excluding hydrogens is 336 g/mol. The summed E-state index contributed by atoms with van der Waals surface area (Å²) < 4.78 is 1.02. The van der Waals surface area contributed by atoms with Crippen LogP contribution in [-0.4, -0.2) is 6.54 Å². The Morgan fingerprint density at radius 1 is 1.14 bits per heavy atom. The average Bonchev–Trinajstić information content (AvgIpc) is 2.54. The highest BCUT2D eigenvalue weighted by molar-refractivity contribution is 9.10. The Labute approximate surface area is 140 Å². The summed E-state index contributed by atoms with van der Waals surface area (Å²) in [6.07, 6.45) is 1.90. The second kappa shape index (κ2) is 6.91. The molecule has 2 aromatic carbocycles. The first kappa shape index (κ1) is 16.5. The van der Waals surface area contributed by atoms with E-state index >= 15 is 0 Å². The smallest absolute Gasteiger partial charge is 0.0998 e. The lowest BCUT2D eigenvalue weighted by molar-refractivity contribution is 0.539. The largest absolute Gasteiger partial charge is 0.330 e. The predicted molar refractivity (Wildman–Crippen MR) is 96.1 cm³/mol. The van der Waals surface area contributed by atoms with Crippen LogP contribution in [0.2, 0.25) is 0 Å². The number of nitrogens with zero attached hydrogens (tertiary/aromatic N) is 1. The van der Waals surface area contributed by atoms with Crippen molar-refractivity contribution in [2.24, 2.45) is 5.73 Å². The number of allylic oxidation sites excluding steroid dienone is 1. The molecule has 22 heavy (non-hydrogen) atoms. The molecule has 0 aliphatic heterocycles. The Hall–Kier alpha value is -1.89. The molecule has 0 unspecified atom stereocenters. The standard InChI is InChI=1S/C19H19BrN2/c1-19(2,13-22)17-7-5-15(6-8-17)16(12-21)11-14-3-9-18(20)10-4-14/h3-11H,13,22H2,1-2H3/b16-11+. The molecule has 0 bridgehead atoms. The van der Waals surface area contributed by atoms with Crippen LogP contribution in [0.25, 0.3) is 11.6 Å². The highest BCUT2D eigenvalue weighted by atomic mass is 79.9. The van der Waals surface area contributed by atoms with E-state index in [1.54, 1.807) is 0 Å². The number of nitrogens with two attached hydrogens (primary N) is 1. The Morgan fingerprint density at radius 3 is 2.23 bits per heavy atom. The van der Waals surface area contributed by atoms with Gasteiger partial charge in [0, 0.05) is 16.4 Å². The van der Waals surface area contributed by atoms with Gasteiger partial charge in [0.05, 0.1) is 11.6 Å². The maximum atomic E-state index is 9.42. The molecule has 2 N–H and O–H groups in total. The van der Waals surface area contributed by atoms with Crippen molar-refractivity contribution < 1.29 is 0 Å². The van der Waals surface area contributed by atoms with Crippen LogP contribution in [0, 0.1) is 11.3 Å². The minimum absolute atomic E-state index is 0.0548. The number of rotatable bonds is 4. The first-order chi connectivity index (χ1) is 10.5. The molecule has 0 aliphatic rings. The van der Waals surface area contributed by atoms with Crippen LogP contribution >= 0.6 is 15.9 Å². The highest BCUT2D eigenvalue weighted by Gasteiger charge is 2.18. The third-order valence-corrected chi connectivity index (χ3v) is 4.32. The molecular formula is C19H19BrN2. The molecule has 2 aromatic rings. The molecule has 0 saturated carbocycles. The van der Waals surface area contributed by atoms with Crippen LogP contribution in [0.4, 0.5) is 0 Å². The van der Waals surface area contributed by atoms with Crippen molar-refractivity contribution in [1.82, 2.24) is 0 Å². The summed E-state index contributed by atoms with van der Waals surface area (Å²) in [4.78, 5) is 0. The summed E-state index contributed by atoms with van der Waals surface area (Å²) in [5.74, 6) is 0. The molecule has 0 fully saturated rings. The van der Waals surface area contributed by atoms with Gasteiger partial charge in [0.2, 0.25) is 0 Å². The van der Waals surface area contributed by atoms with Crippen LogP contribution in [0.1, 0.15) is 30.5 Å². The van der Waals surface area contributed by atoms with Crippen molar-refractivity contribution in [2.45, 2.75) is 19.3 Å². The average molecular weight is 355 g/mol. The van der Waals surface area contributed by atoms with Crippen LogP contribution in [0.15, 0.2) is 53.0 Å². The molecule has 0 spiro atoms. The van der Waals surface area contributed by atoms with Gasteiger partial charge in [-0.15, -0.1) is 0 Å². The Kier molecular flexibility index (Phi) is 5.18. The third kappa shape index (κ3) is 3.85. The zero-order valence-electron chi connectivity index (χ0n) is 12.8. The molecule has 2 nitrogen and oxygen atoms in total. The number of benzene rings is 2. The summed E-state index contributed by atoms with van der Waals surface area (Å²) in [5, 5.41) is 9.42. The topological polar surface area (TPSA) is 49.8 Å². The van der Waals surface area contributed by atoms with E-state index in [2.05, 4.69) is 48.0 Å². The van der Waals surface area contributed by atoms with Gasteiger partial charge in [0.1, 0.15) is 0 Å². The fourth-order valence-corrected chi connectivity index (χ4v) is 2.39. The molecule has 0 aliphatic carbocycles. The second-order valence-electron chi connectivity index (χ2n) is 5.89. The second-order valence-corrected chi connectivity index (χ2v) is 6.80. The number of halogens is 1. The number of hydrogen-bond acceptors (Lipinski definition) is 2. The van der Waals surface area contributed by atoms with Crippen molar-refractivity contribution >= 4 is 27.6 Å². The van der Waals surface area contributed by atoms with Gasteiger partial charge in [-0.2, -0.15) is 5.26 Å². The van der Waals surface area contributed by atoms with Gasteiger partial charge in [0.25, 0.3) is 0 Å². The lowest BCUT2D eigenvalue weighted by atomic mass is 9.84. The summed E-state index contributed by atoms with van der Waals surface area (Å²) in [5.41, 5.74) is 9.51. The zero-order chi connectivity index (χ0) is 16.2. The molecule has 2 rings (SSSR count). The van der Waals surface area contributed by atoms with Crippen molar-refractivity contribution in [3.05, 3.63) is 69.7 Å². The highest BCUT2D eigenvalue weighted by Crippen LogP contribution is 2.25. The SMILES string of the molecule is CC(C)(CN)c1ccc(/C(C#N)=C/c2ccc(Br)cc2)cc1. The maximum absolute atomic E-state index is 9.42. The lowest BCUT2D eigenvalue weighted by Gasteiger charge is -2.23. The third-order valence-electron chi connectivity index (χ3n) is 3.79. The van der Waals surface area contributed by atoms with Crippen LogP contribution in [0.3, 0.4) is 0 Å². The molecule has 0 radical (unpaired) electrons. The van der Waals surface area contributed by atoms with Gasteiger partial charge in [-0.05, 0) is 34.9 Å².